The standard InChI is InChI=1S/C19H21ClN2O4S/c1-2-3-4-6-14(19(25)26)21-17(23)12-8-9-13(20)15(11-12)22-18(24)16-7-5-10-27-16/h5,7-11,14H,2-4,6H2,1H3,(H,21,23)(H,22,24)(H,25,26)/t14-/m1/s1. The molecule has 0 saturated carbocycles. The van der Waals surface area contributed by atoms with Gasteiger partial charge in [-0.15, -0.1) is 11.3 Å². The van der Waals surface area contributed by atoms with Crippen molar-refractivity contribution in [1.82, 2.24) is 5.32 Å². The number of carboxylic acid groups (broad SMARTS) is 1. The highest BCUT2D eigenvalue weighted by atomic mass is 35.5. The minimum Gasteiger partial charge on any atom is -0.480 e. The highest BCUT2D eigenvalue weighted by Crippen LogP contribution is 2.24. The van der Waals surface area contributed by atoms with Crippen LogP contribution in [0.2, 0.25) is 5.02 Å². The molecule has 1 atom stereocenters. The summed E-state index contributed by atoms with van der Waals surface area (Å²) in [5.74, 6) is -1.92. The molecule has 0 fully saturated rings. The lowest BCUT2D eigenvalue weighted by atomic mass is 10.1. The Morgan fingerprint density at radius 1 is 1.19 bits per heavy atom. The first-order valence-corrected chi connectivity index (χ1v) is 9.86. The number of carbonyl (C=O) groups is 3. The fourth-order valence-corrected chi connectivity index (χ4v) is 3.24. The summed E-state index contributed by atoms with van der Waals surface area (Å²) in [6.07, 6.45) is 2.95. The van der Waals surface area contributed by atoms with Crippen molar-refractivity contribution >= 4 is 46.4 Å². The van der Waals surface area contributed by atoms with Crippen LogP contribution in [-0.2, 0) is 4.79 Å². The molecule has 0 saturated heterocycles. The number of hydrogen-bond donors (Lipinski definition) is 3. The fourth-order valence-electron chi connectivity index (χ4n) is 2.45. The smallest absolute Gasteiger partial charge is 0.326 e. The van der Waals surface area contributed by atoms with Crippen molar-refractivity contribution in [2.24, 2.45) is 0 Å². The van der Waals surface area contributed by atoms with E-state index in [-0.39, 0.29) is 16.5 Å². The average Bonchev–Trinajstić information content (AvgIpc) is 3.17. The van der Waals surface area contributed by atoms with E-state index in [2.05, 4.69) is 10.6 Å². The number of benzene rings is 1. The zero-order valence-corrected chi connectivity index (χ0v) is 16.4. The summed E-state index contributed by atoms with van der Waals surface area (Å²) in [5, 5.41) is 16.6. The lowest BCUT2D eigenvalue weighted by Crippen LogP contribution is -2.40. The van der Waals surface area contributed by atoms with Crippen LogP contribution in [0.5, 0.6) is 0 Å². The first kappa shape index (κ1) is 20.9. The van der Waals surface area contributed by atoms with E-state index in [9.17, 15) is 19.5 Å². The maximum atomic E-state index is 12.4. The molecular formula is C19H21ClN2O4S. The summed E-state index contributed by atoms with van der Waals surface area (Å²) in [6.45, 7) is 2.02. The second-order valence-corrected chi connectivity index (χ2v) is 7.34. The molecule has 6 nitrogen and oxygen atoms in total. The summed E-state index contributed by atoms with van der Waals surface area (Å²) in [5.41, 5.74) is 0.517. The van der Waals surface area contributed by atoms with Crippen LogP contribution in [0.3, 0.4) is 0 Å². The summed E-state index contributed by atoms with van der Waals surface area (Å²) in [6, 6.07) is 6.91. The Balaban J connectivity index is 2.09. The minimum absolute atomic E-state index is 0.225. The Morgan fingerprint density at radius 3 is 2.59 bits per heavy atom. The van der Waals surface area contributed by atoms with Gasteiger partial charge in [0.15, 0.2) is 0 Å². The van der Waals surface area contributed by atoms with E-state index in [1.807, 2.05) is 6.92 Å². The van der Waals surface area contributed by atoms with Gasteiger partial charge in [0.2, 0.25) is 0 Å². The molecule has 27 heavy (non-hydrogen) atoms. The molecule has 1 aromatic heterocycles. The SMILES string of the molecule is CCCCC[C@@H](NC(=O)c1ccc(Cl)c(NC(=O)c2cccs2)c1)C(=O)O. The van der Waals surface area contributed by atoms with Gasteiger partial charge in [0.05, 0.1) is 15.6 Å². The Bertz CT molecular complexity index is 808. The van der Waals surface area contributed by atoms with E-state index in [1.54, 1.807) is 17.5 Å². The topological polar surface area (TPSA) is 95.5 Å². The van der Waals surface area contributed by atoms with Crippen LogP contribution in [0, 0.1) is 0 Å². The Kier molecular flexibility index (Phi) is 7.82. The molecule has 0 unspecified atom stereocenters. The van der Waals surface area contributed by atoms with Crippen molar-refractivity contribution in [2.75, 3.05) is 5.32 Å². The van der Waals surface area contributed by atoms with Crippen LogP contribution in [0.1, 0.15) is 52.6 Å². The molecule has 2 aromatic rings. The van der Waals surface area contributed by atoms with E-state index in [0.29, 0.717) is 17.0 Å². The van der Waals surface area contributed by atoms with Gasteiger partial charge in [-0.25, -0.2) is 4.79 Å². The molecule has 0 aliphatic heterocycles. The zero-order chi connectivity index (χ0) is 19.8. The number of carboxylic acids is 1. The molecular weight excluding hydrogens is 388 g/mol. The normalized spacial score (nSPS) is 11.6. The Morgan fingerprint density at radius 2 is 1.96 bits per heavy atom. The Labute approximate surface area is 166 Å². The van der Waals surface area contributed by atoms with Gasteiger partial charge in [0.1, 0.15) is 6.04 Å². The first-order valence-electron chi connectivity index (χ1n) is 8.60. The van der Waals surface area contributed by atoms with Crippen LogP contribution < -0.4 is 10.6 Å². The van der Waals surface area contributed by atoms with E-state index in [0.717, 1.165) is 19.3 Å². The van der Waals surface area contributed by atoms with Crippen molar-refractivity contribution in [1.29, 1.82) is 0 Å². The highest BCUT2D eigenvalue weighted by molar-refractivity contribution is 7.12. The molecule has 0 radical (unpaired) electrons. The van der Waals surface area contributed by atoms with Crippen LogP contribution in [-0.4, -0.2) is 28.9 Å². The third-order valence-electron chi connectivity index (χ3n) is 3.92. The number of amides is 2. The number of halogens is 1. The Hall–Kier alpha value is -2.38. The summed E-state index contributed by atoms with van der Waals surface area (Å²) >= 11 is 7.40. The van der Waals surface area contributed by atoms with Gasteiger partial charge in [0, 0.05) is 5.56 Å². The number of anilines is 1. The molecule has 0 aliphatic rings. The van der Waals surface area contributed by atoms with Gasteiger partial charge in [-0.1, -0.05) is 43.9 Å². The number of thiophene rings is 1. The molecule has 0 bridgehead atoms. The second kappa shape index (κ2) is 10.1. The van der Waals surface area contributed by atoms with Crippen LogP contribution in [0.15, 0.2) is 35.7 Å². The van der Waals surface area contributed by atoms with Gasteiger partial charge in [-0.3, -0.25) is 9.59 Å². The van der Waals surface area contributed by atoms with Gasteiger partial charge < -0.3 is 15.7 Å². The van der Waals surface area contributed by atoms with Crippen molar-refractivity contribution in [3.63, 3.8) is 0 Å². The molecule has 0 aliphatic carbocycles. The number of aliphatic carboxylic acids is 1. The molecule has 3 N–H and O–H groups in total. The second-order valence-electron chi connectivity index (χ2n) is 5.99. The average molecular weight is 409 g/mol. The maximum absolute atomic E-state index is 12.4. The van der Waals surface area contributed by atoms with Gasteiger partial charge in [-0.2, -0.15) is 0 Å². The summed E-state index contributed by atoms with van der Waals surface area (Å²) in [7, 11) is 0. The summed E-state index contributed by atoms with van der Waals surface area (Å²) < 4.78 is 0. The van der Waals surface area contributed by atoms with Crippen molar-refractivity contribution in [2.45, 2.75) is 38.6 Å². The summed E-state index contributed by atoms with van der Waals surface area (Å²) in [4.78, 5) is 36.5. The van der Waals surface area contributed by atoms with Gasteiger partial charge in [0.25, 0.3) is 11.8 Å². The minimum atomic E-state index is -1.07. The highest BCUT2D eigenvalue weighted by Gasteiger charge is 2.21. The molecule has 8 heteroatoms. The molecule has 1 aromatic carbocycles. The predicted molar refractivity (Wildman–Crippen MR) is 107 cm³/mol. The molecule has 1 heterocycles. The zero-order valence-electron chi connectivity index (χ0n) is 14.8. The van der Waals surface area contributed by atoms with Gasteiger partial charge in [-0.05, 0) is 36.1 Å². The molecule has 0 spiro atoms. The van der Waals surface area contributed by atoms with Gasteiger partial charge >= 0.3 is 5.97 Å². The number of unbranched alkanes of at least 4 members (excludes halogenated alkanes) is 2. The van der Waals surface area contributed by atoms with E-state index in [1.165, 1.54) is 29.5 Å². The van der Waals surface area contributed by atoms with Crippen LogP contribution in [0.4, 0.5) is 5.69 Å². The molecule has 2 amide bonds. The molecule has 144 valence electrons. The van der Waals surface area contributed by atoms with Crippen molar-refractivity contribution < 1.29 is 19.5 Å². The third kappa shape index (κ3) is 6.08. The van der Waals surface area contributed by atoms with Crippen molar-refractivity contribution in [3.8, 4) is 0 Å². The van der Waals surface area contributed by atoms with Crippen LogP contribution in [0.25, 0.3) is 0 Å². The van der Waals surface area contributed by atoms with E-state index >= 15 is 0 Å². The van der Waals surface area contributed by atoms with Crippen molar-refractivity contribution in [3.05, 3.63) is 51.2 Å². The first-order chi connectivity index (χ1) is 12.9. The number of carbonyl (C=O) groups excluding carboxylic acids is 2. The lowest BCUT2D eigenvalue weighted by Gasteiger charge is -2.15. The van der Waals surface area contributed by atoms with Crippen LogP contribution >= 0.6 is 22.9 Å². The quantitative estimate of drug-likeness (QED) is 0.535. The number of hydrogen-bond acceptors (Lipinski definition) is 4. The number of nitrogens with one attached hydrogen (secondary N) is 2. The fraction of sp³-hybridized carbons (Fsp3) is 0.316. The lowest BCUT2D eigenvalue weighted by molar-refractivity contribution is -0.139. The third-order valence-corrected chi connectivity index (χ3v) is 5.12. The largest absolute Gasteiger partial charge is 0.480 e. The monoisotopic (exact) mass is 408 g/mol. The van der Waals surface area contributed by atoms with E-state index < -0.39 is 17.9 Å². The number of rotatable bonds is 9. The maximum Gasteiger partial charge on any atom is 0.326 e. The van der Waals surface area contributed by atoms with E-state index in [4.69, 9.17) is 11.6 Å². The molecule has 2 rings (SSSR count). The predicted octanol–water partition coefficient (Wildman–Crippen LogP) is 4.42.